The third-order valence-electron chi connectivity index (χ3n) is 2.73. The van der Waals surface area contributed by atoms with Crippen LogP contribution in [-0.4, -0.2) is 28.6 Å². The van der Waals surface area contributed by atoms with Gasteiger partial charge in [0.2, 0.25) is 0 Å². The number of hydrogen-bond donors (Lipinski definition) is 1. The third kappa shape index (κ3) is 3.85. The van der Waals surface area contributed by atoms with Crippen molar-refractivity contribution in [1.82, 2.24) is 9.97 Å². The van der Waals surface area contributed by atoms with Gasteiger partial charge in [-0.3, -0.25) is 0 Å². The quantitative estimate of drug-likeness (QED) is 0.361. The molecule has 0 saturated carbocycles. The minimum Gasteiger partial charge on any atom is -0.367 e. The molecule has 0 aliphatic carbocycles. The van der Waals surface area contributed by atoms with E-state index in [1.165, 1.54) is 11.8 Å². The van der Waals surface area contributed by atoms with E-state index in [4.69, 9.17) is 11.6 Å². The molecule has 1 rings (SSSR count). The maximum absolute atomic E-state index is 10.7. The van der Waals surface area contributed by atoms with Crippen LogP contribution in [0.25, 0.3) is 0 Å². The summed E-state index contributed by atoms with van der Waals surface area (Å²) in [6.45, 7) is 4.22. The van der Waals surface area contributed by atoms with Crippen molar-refractivity contribution in [3.63, 3.8) is 0 Å². The molecule has 0 aromatic carbocycles. The first-order chi connectivity index (χ1) is 8.65. The summed E-state index contributed by atoms with van der Waals surface area (Å²) < 4.78 is 0. The summed E-state index contributed by atoms with van der Waals surface area (Å²) in [4.78, 5) is 19.3. The number of anilines is 1. The summed E-state index contributed by atoms with van der Waals surface area (Å²) in [5, 5.41) is 4.31. The Labute approximate surface area is 117 Å². The monoisotopic (exact) mass is 287 g/mol. The molecule has 0 bridgehead atoms. The zero-order valence-electron chi connectivity index (χ0n) is 10.9. The second kappa shape index (κ2) is 7.59. The number of nitrogens with one attached hydrogen (secondary N) is 1. The second-order valence-corrected chi connectivity index (χ2v) is 4.99. The van der Waals surface area contributed by atoms with E-state index in [1.807, 2.05) is 6.26 Å². The molecule has 0 aliphatic rings. The highest BCUT2D eigenvalue weighted by Crippen LogP contribution is 2.25. The maximum atomic E-state index is 10.7. The lowest BCUT2D eigenvalue weighted by molar-refractivity contribution is -0.107. The van der Waals surface area contributed by atoms with Gasteiger partial charge in [0, 0.05) is 18.0 Å². The van der Waals surface area contributed by atoms with Gasteiger partial charge in [-0.2, -0.15) is 0 Å². The molecule has 0 amide bonds. The predicted molar refractivity (Wildman–Crippen MR) is 76.6 cm³/mol. The topological polar surface area (TPSA) is 54.9 Å². The highest BCUT2D eigenvalue weighted by atomic mass is 35.5. The first-order valence-corrected chi connectivity index (χ1v) is 7.57. The molecule has 1 N–H and O–H groups in total. The molecule has 0 radical (unpaired) electrons. The standard InChI is InChI=1S/C12H18ClN3OS/c1-4-8(5-2)14-11-9(6-7-17)10(13)15-12(16-11)18-3/h7-8H,4-6H2,1-3H3,(H,14,15,16). The predicted octanol–water partition coefficient (Wildman–Crippen LogP) is 3.19. The lowest BCUT2D eigenvalue weighted by Crippen LogP contribution is -2.20. The van der Waals surface area contributed by atoms with Crippen molar-refractivity contribution in [2.24, 2.45) is 0 Å². The average molecular weight is 288 g/mol. The Balaban J connectivity index is 3.11. The van der Waals surface area contributed by atoms with E-state index >= 15 is 0 Å². The first kappa shape index (κ1) is 15.2. The molecule has 1 heterocycles. The van der Waals surface area contributed by atoms with Crippen molar-refractivity contribution in [1.29, 1.82) is 0 Å². The van der Waals surface area contributed by atoms with Crippen molar-refractivity contribution in [2.75, 3.05) is 11.6 Å². The Morgan fingerprint density at radius 1 is 1.39 bits per heavy atom. The fourth-order valence-electron chi connectivity index (χ4n) is 1.60. The van der Waals surface area contributed by atoms with E-state index in [-0.39, 0.29) is 6.42 Å². The fourth-order valence-corrected chi connectivity index (χ4v) is 2.26. The van der Waals surface area contributed by atoms with Gasteiger partial charge in [0.05, 0.1) is 0 Å². The molecule has 1 aromatic rings. The van der Waals surface area contributed by atoms with Crippen molar-refractivity contribution >= 4 is 35.5 Å². The minimum atomic E-state index is 0.232. The average Bonchev–Trinajstić information content (AvgIpc) is 2.39. The van der Waals surface area contributed by atoms with Crippen LogP contribution in [0.1, 0.15) is 32.3 Å². The van der Waals surface area contributed by atoms with E-state index in [0.29, 0.717) is 27.7 Å². The minimum absolute atomic E-state index is 0.232. The Morgan fingerprint density at radius 2 is 2.06 bits per heavy atom. The Morgan fingerprint density at radius 3 is 2.56 bits per heavy atom. The van der Waals surface area contributed by atoms with Crippen LogP contribution in [0, 0.1) is 0 Å². The largest absolute Gasteiger partial charge is 0.367 e. The molecule has 18 heavy (non-hydrogen) atoms. The van der Waals surface area contributed by atoms with E-state index < -0.39 is 0 Å². The van der Waals surface area contributed by atoms with Gasteiger partial charge in [-0.1, -0.05) is 37.2 Å². The van der Waals surface area contributed by atoms with E-state index in [2.05, 4.69) is 29.1 Å². The van der Waals surface area contributed by atoms with Crippen LogP contribution in [0.5, 0.6) is 0 Å². The van der Waals surface area contributed by atoms with Crippen molar-refractivity contribution < 1.29 is 4.79 Å². The Hall–Kier alpha value is -0.810. The Bertz CT molecular complexity index is 411. The smallest absolute Gasteiger partial charge is 0.190 e. The molecule has 0 spiro atoms. The number of rotatable bonds is 7. The Kier molecular flexibility index (Phi) is 6.43. The lowest BCUT2D eigenvalue weighted by atomic mass is 10.1. The van der Waals surface area contributed by atoms with Crippen LogP contribution < -0.4 is 5.32 Å². The van der Waals surface area contributed by atoms with E-state index in [0.717, 1.165) is 19.1 Å². The van der Waals surface area contributed by atoms with E-state index in [1.54, 1.807) is 0 Å². The molecule has 4 nitrogen and oxygen atoms in total. The number of thioether (sulfide) groups is 1. The summed E-state index contributed by atoms with van der Waals surface area (Å²) in [7, 11) is 0. The van der Waals surface area contributed by atoms with E-state index in [9.17, 15) is 4.79 Å². The SMILES string of the molecule is CCC(CC)Nc1nc(SC)nc(Cl)c1CC=O. The van der Waals surface area contributed by atoms with Gasteiger partial charge >= 0.3 is 0 Å². The molecule has 0 atom stereocenters. The number of carbonyl (C=O) groups excluding carboxylic acids is 1. The second-order valence-electron chi connectivity index (χ2n) is 3.86. The molecule has 0 fully saturated rings. The normalized spacial score (nSPS) is 10.7. The molecular formula is C12H18ClN3OS. The summed E-state index contributed by atoms with van der Waals surface area (Å²) in [5.41, 5.74) is 0.677. The van der Waals surface area contributed by atoms with Crippen molar-refractivity contribution in [3.8, 4) is 0 Å². The van der Waals surface area contributed by atoms with Gasteiger partial charge in [0.15, 0.2) is 5.16 Å². The molecule has 6 heteroatoms. The van der Waals surface area contributed by atoms with Crippen LogP contribution in [0.4, 0.5) is 5.82 Å². The van der Waals surface area contributed by atoms with Gasteiger partial charge in [-0.05, 0) is 19.1 Å². The number of carbonyl (C=O) groups is 1. The van der Waals surface area contributed by atoms with Crippen molar-refractivity contribution in [3.05, 3.63) is 10.7 Å². The van der Waals surface area contributed by atoms with Crippen LogP contribution >= 0.6 is 23.4 Å². The van der Waals surface area contributed by atoms with Gasteiger partial charge in [-0.25, -0.2) is 9.97 Å². The first-order valence-electron chi connectivity index (χ1n) is 5.96. The third-order valence-corrected chi connectivity index (χ3v) is 3.59. The summed E-state index contributed by atoms with van der Waals surface area (Å²) in [5.74, 6) is 0.681. The maximum Gasteiger partial charge on any atom is 0.190 e. The molecule has 0 saturated heterocycles. The van der Waals surface area contributed by atoms with Crippen LogP contribution in [0.15, 0.2) is 5.16 Å². The molecule has 1 aromatic heterocycles. The highest BCUT2D eigenvalue weighted by Gasteiger charge is 2.14. The summed E-state index contributed by atoms with van der Waals surface area (Å²) >= 11 is 7.53. The lowest BCUT2D eigenvalue weighted by Gasteiger charge is -2.18. The van der Waals surface area contributed by atoms with Crippen LogP contribution in [0.2, 0.25) is 5.15 Å². The highest BCUT2D eigenvalue weighted by molar-refractivity contribution is 7.98. The number of aldehydes is 1. The number of halogens is 1. The molecule has 100 valence electrons. The van der Waals surface area contributed by atoms with Crippen LogP contribution in [-0.2, 0) is 11.2 Å². The van der Waals surface area contributed by atoms with Crippen molar-refractivity contribution in [2.45, 2.75) is 44.3 Å². The fraction of sp³-hybridized carbons (Fsp3) is 0.583. The number of aromatic nitrogens is 2. The molecular weight excluding hydrogens is 270 g/mol. The molecule has 0 aliphatic heterocycles. The van der Waals surface area contributed by atoms with Gasteiger partial charge in [0.25, 0.3) is 0 Å². The zero-order chi connectivity index (χ0) is 13.5. The van der Waals surface area contributed by atoms with Crippen LogP contribution in [0.3, 0.4) is 0 Å². The molecule has 0 unspecified atom stereocenters. The summed E-state index contributed by atoms with van der Waals surface area (Å²) in [6.07, 6.45) is 4.93. The van der Waals surface area contributed by atoms with Gasteiger partial charge < -0.3 is 10.1 Å². The van der Waals surface area contributed by atoms with Gasteiger partial charge in [0.1, 0.15) is 17.3 Å². The number of nitrogens with zero attached hydrogens (tertiary/aromatic N) is 2. The summed E-state index contributed by atoms with van der Waals surface area (Å²) in [6, 6.07) is 0.330. The zero-order valence-corrected chi connectivity index (χ0v) is 12.4. The number of hydrogen-bond acceptors (Lipinski definition) is 5. The van der Waals surface area contributed by atoms with Gasteiger partial charge in [-0.15, -0.1) is 0 Å².